The van der Waals surface area contributed by atoms with Gasteiger partial charge in [-0.05, 0) is 36.8 Å². The Morgan fingerprint density at radius 2 is 1.71 bits per heavy atom. The molecule has 2 rings (SSSR count). The molecule has 0 fully saturated rings. The van der Waals surface area contributed by atoms with Crippen LogP contribution >= 0.6 is 0 Å². The van der Waals surface area contributed by atoms with Crippen LogP contribution in [-0.2, 0) is 16.1 Å². The molecule has 0 aliphatic rings. The summed E-state index contributed by atoms with van der Waals surface area (Å²) in [6.45, 7) is 3.20. The van der Waals surface area contributed by atoms with Gasteiger partial charge in [0.2, 0.25) is 5.91 Å². The third kappa shape index (κ3) is 5.76. The van der Waals surface area contributed by atoms with E-state index in [2.05, 4.69) is 10.6 Å². The second-order valence-corrected chi connectivity index (χ2v) is 5.24. The zero-order chi connectivity index (χ0) is 17.2. The number of carbonyl (C=O) groups excluding carboxylic acids is 2. The van der Waals surface area contributed by atoms with Gasteiger partial charge in [-0.1, -0.05) is 30.3 Å². The van der Waals surface area contributed by atoms with Crippen molar-refractivity contribution in [2.75, 3.05) is 18.5 Å². The zero-order valence-corrected chi connectivity index (χ0v) is 13.7. The van der Waals surface area contributed by atoms with Crippen LogP contribution in [0.2, 0.25) is 0 Å². The zero-order valence-electron chi connectivity index (χ0n) is 13.7. The van der Waals surface area contributed by atoms with Gasteiger partial charge in [0, 0.05) is 25.2 Å². The summed E-state index contributed by atoms with van der Waals surface area (Å²) in [5, 5.41) is 6.04. The van der Waals surface area contributed by atoms with Crippen LogP contribution < -0.4 is 10.6 Å². The first-order chi connectivity index (χ1) is 11.7. The van der Waals surface area contributed by atoms with Crippen LogP contribution in [0.15, 0.2) is 54.6 Å². The molecule has 0 unspecified atom stereocenters. The minimum atomic E-state index is -0.329. The fourth-order valence-corrected chi connectivity index (χ4v) is 2.14. The van der Waals surface area contributed by atoms with Gasteiger partial charge in [-0.25, -0.2) is 4.79 Å². The summed E-state index contributed by atoms with van der Waals surface area (Å²) in [7, 11) is 0. The molecule has 0 atom stereocenters. The SMILES string of the molecule is CCOC(=O)c1ccc(NCCC(=O)NCc2ccccc2)cc1. The van der Waals surface area contributed by atoms with Gasteiger partial charge >= 0.3 is 5.97 Å². The van der Waals surface area contributed by atoms with Crippen LogP contribution in [0.5, 0.6) is 0 Å². The Morgan fingerprint density at radius 1 is 1.00 bits per heavy atom. The fraction of sp³-hybridized carbons (Fsp3) is 0.263. The van der Waals surface area contributed by atoms with E-state index in [9.17, 15) is 9.59 Å². The van der Waals surface area contributed by atoms with Crippen molar-refractivity contribution in [3.8, 4) is 0 Å². The average Bonchev–Trinajstić information content (AvgIpc) is 2.61. The summed E-state index contributed by atoms with van der Waals surface area (Å²) >= 11 is 0. The van der Waals surface area contributed by atoms with Crippen molar-refractivity contribution in [3.63, 3.8) is 0 Å². The van der Waals surface area contributed by atoms with Crippen LogP contribution in [0.3, 0.4) is 0 Å². The number of hydrogen-bond acceptors (Lipinski definition) is 4. The van der Waals surface area contributed by atoms with Gasteiger partial charge in [0.25, 0.3) is 0 Å². The maximum atomic E-state index is 11.8. The number of amides is 1. The van der Waals surface area contributed by atoms with E-state index in [1.807, 2.05) is 30.3 Å². The standard InChI is InChI=1S/C19H22N2O3/c1-2-24-19(23)16-8-10-17(11-9-16)20-13-12-18(22)21-14-15-6-4-3-5-7-15/h3-11,20H,2,12-14H2,1H3,(H,21,22). The van der Waals surface area contributed by atoms with Gasteiger partial charge < -0.3 is 15.4 Å². The van der Waals surface area contributed by atoms with Crippen molar-refractivity contribution in [3.05, 3.63) is 65.7 Å². The van der Waals surface area contributed by atoms with Crippen LogP contribution in [0, 0.1) is 0 Å². The summed E-state index contributed by atoms with van der Waals surface area (Å²) in [5.41, 5.74) is 2.45. The molecule has 0 aliphatic heterocycles. The van der Waals surface area contributed by atoms with Gasteiger partial charge in [-0.2, -0.15) is 0 Å². The molecule has 0 saturated carbocycles. The Kier molecular flexibility index (Phi) is 6.83. The first kappa shape index (κ1) is 17.5. The molecule has 2 aromatic carbocycles. The molecule has 2 N–H and O–H groups in total. The maximum absolute atomic E-state index is 11.8. The highest BCUT2D eigenvalue weighted by Crippen LogP contribution is 2.10. The van der Waals surface area contributed by atoms with Gasteiger partial charge in [0.1, 0.15) is 0 Å². The Balaban J connectivity index is 1.69. The van der Waals surface area contributed by atoms with Gasteiger partial charge in [-0.3, -0.25) is 4.79 Å². The second kappa shape index (κ2) is 9.35. The van der Waals surface area contributed by atoms with E-state index in [-0.39, 0.29) is 11.9 Å². The monoisotopic (exact) mass is 326 g/mol. The highest BCUT2D eigenvalue weighted by atomic mass is 16.5. The first-order valence-electron chi connectivity index (χ1n) is 8.00. The van der Waals surface area contributed by atoms with Crippen molar-refractivity contribution in [1.82, 2.24) is 5.32 Å². The molecule has 1 amide bonds. The van der Waals surface area contributed by atoms with Gasteiger partial charge in [0.05, 0.1) is 12.2 Å². The highest BCUT2D eigenvalue weighted by molar-refractivity contribution is 5.89. The van der Waals surface area contributed by atoms with Crippen LogP contribution in [0.1, 0.15) is 29.3 Å². The number of nitrogens with one attached hydrogen (secondary N) is 2. The van der Waals surface area contributed by atoms with Crippen LogP contribution in [0.4, 0.5) is 5.69 Å². The molecule has 5 nitrogen and oxygen atoms in total. The summed E-state index contributed by atoms with van der Waals surface area (Å²) in [4.78, 5) is 23.4. The number of anilines is 1. The molecule has 0 heterocycles. The highest BCUT2D eigenvalue weighted by Gasteiger charge is 2.06. The van der Waals surface area contributed by atoms with Crippen molar-refractivity contribution < 1.29 is 14.3 Å². The molecule has 2 aromatic rings. The number of rotatable bonds is 8. The smallest absolute Gasteiger partial charge is 0.338 e. The summed E-state index contributed by atoms with van der Waals surface area (Å²) in [6, 6.07) is 16.8. The van der Waals surface area contributed by atoms with E-state index in [4.69, 9.17) is 4.74 Å². The van der Waals surface area contributed by atoms with Crippen LogP contribution in [-0.4, -0.2) is 25.0 Å². The molecule has 5 heteroatoms. The Morgan fingerprint density at radius 3 is 2.38 bits per heavy atom. The minimum Gasteiger partial charge on any atom is -0.462 e. The normalized spacial score (nSPS) is 10.0. The molecular formula is C19H22N2O3. The molecule has 0 saturated heterocycles. The number of benzene rings is 2. The fourth-order valence-electron chi connectivity index (χ4n) is 2.14. The molecule has 0 spiro atoms. The second-order valence-electron chi connectivity index (χ2n) is 5.24. The Bertz CT molecular complexity index is 654. The van der Waals surface area contributed by atoms with Crippen molar-refractivity contribution >= 4 is 17.6 Å². The summed E-state index contributed by atoms with van der Waals surface area (Å²) < 4.78 is 4.93. The Labute approximate surface area is 142 Å². The predicted molar refractivity (Wildman–Crippen MR) is 93.8 cm³/mol. The minimum absolute atomic E-state index is 0.00510. The van der Waals surface area contributed by atoms with Gasteiger partial charge in [-0.15, -0.1) is 0 Å². The third-order valence-corrected chi connectivity index (χ3v) is 3.41. The van der Waals surface area contributed by atoms with E-state index in [1.54, 1.807) is 31.2 Å². The molecule has 0 aromatic heterocycles. The molecular weight excluding hydrogens is 304 g/mol. The average molecular weight is 326 g/mol. The van der Waals surface area contributed by atoms with Crippen molar-refractivity contribution in [2.24, 2.45) is 0 Å². The summed E-state index contributed by atoms with van der Waals surface area (Å²) in [6.07, 6.45) is 0.381. The van der Waals surface area contributed by atoms with Crippen LogP contribution in [0.25, 0.3) is 0 Å². The van der Waals surface area contributed by atoms with E-state index < -0.39 is 0 Å². The number of esters is 1. The first-order valence-corrected chi connectivity index (χ1v) is 8.00. The lowest BCUT2D eigenvalue weighted by Crippen LogP contribution is -2.24. The van der Waals surface area contributed by atoms with Gasteiger partial charge in [0.15, 0.2) is 0 Å². The molecule has 0 aliphatic carbocycles. The molecule has 24 heavy (non-hydrogen) atoms. The lowest BCUT2D eigenvalue weighted by atomic mass is 10.2. The van der Waals surface area contributed by atoms with Crippen molar-refractivity contribution in [1.29, 1.82) is 0 Å². The quantitative estimate of drug-likeness (QED) is 0.732. The number of carbonyl (C=O) groups is 2. The molecule has 0 radical (unpaired) electrons. The topological polar surface area (TPSA) is 67.4 Å². The Hall–Kier alpha value is -2.82. The number of hydrogen-bond donors (Lipinski definition) is 2. The van der Waals surface area contributed by atoms with Crippen molar-refractivity contribution in [2.45, 2.75) is 19.9 Å². The third-order valence-electron chi connectivity index (χ3n) is 3.41. The predicted octanol–water partition coefficient (Wildman–Crippen LogP) is 2.98. The lowest BCUT2D eigenvalue weighted by molar-refractivity contribution is -0.121. The van der Waals surface area contributed by atoms with E-state index in [1.165, 1.54) is 0 Å². The van der Waals surface area contributed by atoms with E-state index in [0.717, 1.165) is 11.3 Å². The summed E-state index contributed by atoms with van der Waals surface area (Å²) in [5.74, 6) is -0.334. The number of ether oxygens (including phenoxy) is 1. The molecule has 0 bridgehead atoms. The maximum Gasteiger partial charge on any atom is 0.338 e. The molecule has 126 valence electrons. The van der Waals surface area contributed by atoms with E-state index >= 15 is 0 Å². The lowest BCUT2D eigenvalue weighted by Gasteiger charge is -2.08. The van der Waals surface area contributed by atoms with E-state index in [0.29, 0.717) is 31.7 Å². The largest absolute Gasteiger partial charge is 0.462 e.